The Morgan fingerprint density at radius 3 is 2.76 bits per heavy atom. The molecule has 0 saturated carbocycles. The van der Waals surface area contributed by atoms with Gasteiger partial charge in [0.25, 0.3) is 5.91 Å². The summed E-state index contributed by atoms with van der Waals surface area (Å²) < 4.78 is 10.5. The van der Waals surface area contributed by atoms with Crippen molar-refractivity contribution in [3.8, 4) is 11.5 Å². The van der Waals surface area contributed by atoms with Crippen molar-refractivity contribution in [3.63, 3.8) is 0 Å². The zero-order valence-electron chi connectivity index (χ0n) is 15.6. The van der Waals surface area contributed by atoms with Crippen molar-refractivity contribution < 1.29 is 23.9 Å². The van der Waals surface area contributed by atoms with Crippen molar-refractivity contribution >= 4 is 23.5 Å². The number of nitrogens with one attached hydrogen (secondary N) is 2. The van der Waals surface area contributed by atoms with Crippen molar-refractivity contribution in [1.82, 2.24) is 10.2 Å². The van der Waals surface area contributed by atoms with Gasteiger partial charge in [-0.05, 0) is 36.1 Å². The van der Waals surface area contributed by atoms with Crippen LogP contribution < -0.4 is 20.1 Å². The van der Waals surface area contributed by atoms with Gasteiger partial charge in [0.15, 0.2) is 11.5 Å². The quantitative estimate of drug-likeness (QED) is 0.776. The minimum absolute atomic E-state index is 0.139. The molecular formula is C21H19N3O5. The van der Waals surface area contributed by atoms with Gasteiger partial charge in [-0.25, -0.2) is 4.79 Å². The Balaban J connectivity index is 1.29. The second-order valence-electron chi connectivity index (χ2n) is 7.47. The van der Waals surface area contributed by atoms with E-state index in [4.69, 9.17) is 9.47 Å². The minimum Gasteiger partial charge on any atom is -0.454 e. The Morgan fingerprint density at radius 1 is 1.10 bits per heavy atom. The lowest BCUT2D eigenvalue weighted by Gasteiger charge is -2.32. The van der Waals surface area contributed by atoms with E-state index in [-0.39, 0.29) is 19.2 Å². The number of rotatable bonds is 3. The Hall–Kier alpha value is -3.55. The van der Waals surface area contributed by atoms with Crippen LogP contribution in [0.3, 0.4) is 0 Å². The molecule has 2 aromatic rings. The summed E-state index contributed by atoms with van der Waals surface area (Å²) in [5, 5.41) is 5.53. The molecule has 8 nitrogen and oxygen atoms in total. The van der Waals surface area contributed by atoms with Crippen LogP contribution in [-0.4, -0.2) is 41.6 Å². The molecule has 148 valence electrons. The first-order chi connectivity index (χ1) is 14.0. The molecule has 4 amide bonds. The Bertz CT molecular complexity index is 1040. The van der Waals surface area contributed by atoms with E-state index < -0.39 is 17.5 Å². The van der Waals surface area contributed by atoms with Gasteiger partial charge >= 0.3 is 6.03 Å². The van der Waals surface area contributed by atoms with Crippen LogP contribution in [-0.2, 0) is 22.4 Å². The fourth-order valence-corrected chi connectivity index (χ4v) is 4.16. The van der Waals surface area contributed by atoms with Gasteiger partial charge in [0, 0.05) is 18.2 Å². The number of carbonyl (C=O) groups excluding carboxylic acids is 3. The molecule has 0 bridgehead atoms. The molecule has 0 radical (unpaired) electrons. The van der Waals surface area contributed by atoms with Crippen LogP contribution in [0.5, 0.6) is 11.5 Å². The molecule has 0 aromatic heterocycles. The van der Waals surface area contributed by atoms with E-state index in [2.05, 4.69) is 10.6 Å². The van der Waals surface area contributed by atoms with Crippen LogP contribution in [0, 0.1) is 0 Å². The fourth-order valence-electron chi connectivity index (χ4n) is 4.16. The summed E-state index contributed by atoms with van der Waals surface area (Å²) in [7, 11) is 0. The Morgan fingerprint density at radius 2 is 1.90 bits per heavy atom. The molecule has 5 rings (SSSR count). The monoisotopic (exact) mass is 393 g/mol. The first-order valence-electron chi connectivity index (χ1n) is 9.44. The van der Waals surface area contributed by atoms with Gasteiger partial charge < -0.3 is 20.1 Å². The molecule has 0 unspecified atom stereocenters. The summed E-state index contributed by atoms with van der Waals surface area (Å²) in [5.41, 5.74) is 1.79. The van der Waals surface area contributed by atoms with Gasteiger partial charge in [-0.2, -0.15) is 0 Å². The normalized spacial score (nSPS) is 21.9. The molecule has 2 aliphatic heterocycles. The van der Waals surface area contributed by atoms with E-state index in [0.29, 0.717) is 36.4 Å². The second kappa shape index (κ2) is 6.51. The van der Waals surface area contributed by atoms with Crippen LogP contribution in [0.25, 0.3) is 0 Å². The number of anilines is 1. The van der Waals surface area contributed by atoms with Crippen LogP contribution in [0.2, 0.25) is 0 Å². The third-order valence-corrected chi connectivity index (χ3v) is 5.64. The number of carbonyl (C=O) groups is 3. The fraction of sp³-hybridized carbons (Fsp3) is 0.286. The Labute approximate surface area is 166 Å². The molecule has 1 saturated heterocycles. The molecule has 1 atom stereocenters. The van der Waals surface area contributed by atoms with Crippen molar-refractivity contribution in [2.24, 2.45) is 0 Å². The van der Waals surface area contributed by atoms with Crippen LogP contribution >= 0.6 is 0 Å². The maximum Gasteiger partial charge on any atom is 0.325 e. The predicted molar refractivity (Wildman–Crippen MR) is 103 cm³/mol. The number of nitrogens with zero attached hydrogens (tertiary/aromatic N) is 1. The number of benzene rings is 2. The second-order valence-corrected chi connectivity index (χ2v) is 7.47. The summed E-state index contributed by atoms with van der Waals surface area (Å²) >= 11 is 0. The average molecular weight is 393 g/mol. The average Bonchev–Trinajstić information content (AvgIpc) is 3.26. The number of imide groups is 1. The highest BCUT2D eigenvalue weighted by Gasteiger charge is 2.52. The first kappa shape index (κ1) is 17.5. The lowest BCUT2D eigenvalue weighted by molar-refractivity contribution is -0.134. The number of urea groups is 1. The third-order valence-electron chi connectivity index (χ3n) is 5.64. The topological polar surface area (TPSA) is 97.0 Å². The lowest BCUT2D eigenvalue weighted by Crippen LogP contribution is -2.51. The van der Waals surface area contributed by atoms with Crippen molar-refractivity contribution in [2.75, 3.05) is 18.7 Å². The van der Waals surface area contributed by atoms with Crippen LogP contribution in [0.15, 0.2) is 42.5 Å². The molecular weight excluding hydrogens is 374 g/mol. The molecule has 1 spiro atoms. The van der Waals surface area contributed by atoms with Crippen LogP contribution in [0.1, 0.15) is 17.5 Å². The predicted octanol–water partition coefficient (Wildman–Crippen LogP) is 1.83. The van der Waals surface area contributed by atoms with E-state index >= 15 is 0 Å². The van der Waals surface area contributed by atoms with E-state index in [0.717, 1.165) is 10.5 Å². The number of fused-ring (bicyclic) bond motifs is 2. The Kier molecular flexibility index (Phi) is 3.94. The molecule has 1 fully saturated rings. The van der Waals surface area contributed by atoms with Gasteiger partial charge in [0.05, 0.1) is 0 Å². The standard InChI is InChI=1S/C21H19N3O5/c25-18(22-15-5-6-16-17(9-15)29-12-28-16)11-24-19(26)21(23-20(24)27)8-7-13-3-1-2-4-14(13)10-21/h1-6,9H,7-8,10-12H2,(H,22,25)(H,23,27)/t21-/m1/s1. The maximum atomic E-state index is 13.1. The van der Waals surface area contributed by atoms with E-state index in [1.165, 1.54) is 5.56 Å². The van der Waals surface area contributed by atoms with E-state index in [1.807, 2.05) is 24.3 Å². The van der Waals surface area contributed by atoms with Gasteiger partial charge in [-0.15, -0.1) is 0 Å². The van der Waals surface area contributed by atoms with Gasteiger partial charge in [-0.1, -0.05) is 24.3 Å². The highest BCUT2D eigenvalue weighted by Crippen LogP contribution is 2.35. The molecule has 29 heavy (non-hydrogen) atoms. The number of aryl methyl sites for hydroxylation is 1. The number of amides is 4. The van der Waals surface area contributed by atoms with Crippen LogP contribution in [0.4, 0.5) is 10.5 Å². The summed E-state index contributed by atoms with van der Waals surface area (Å²) in [6, 6.07) is 12.4. The number of hydrogen-bond donors (Lipinski definition) is 2. The van der Waals surface area contributed by atoms with Gasteiger partial charge in [0.2, 0.25) is 12.7 Å². The summed E-state index contributed by atoms with van der Waals surface area (Å²) in [6.45, 7) is -0.205. The van der Waals surface area contributed by atoms with Crippen molar-refractivity contribution in [1.29, 1.82) is 0 Å². The highest BCUT2D eigenvalue weighted by molar-refractivity contribution is 6.10. The zero-order chi connectivity index (χ0) is 20.0. The molecule has 8 heteroatoms. The molecule has 3 aliphatic rings. The zero-order valence-corrected chi connectivity index (χ0v) is 15.6. The third kappa shape index (κ3) is 2.97. The summed E-state index contributed by atoms with van der Waals surface area (Å²) in [4.78, 5) is 39.0. The first-order valence-corrected chi connectivity index (χ1v) is 9.44. The number of ether oxygens (including phenoxy) is 2. The minimum atomic E-state index is -0.968. The van der Waals surface area contributed by atoms with E-state index in [9.17, 15) is 14.4 Å². The maximum absolute atomic E-state index is 13.1. The summed E-state index contributed by atoms with van der Waals surface area (Å²) in [5.74, 6) is 0.340. The molecule has 2 aromatic carbocycles. The van der Waals surface area contributed by atoms with Crippen molar-refractivity contribution in [3.05, 3.63) is 53.6 Å². The highest BCUT2D eigenvalue weighted by atomic mass is 16.7. The molecule has 2 heterocycles. The lowest BCUT2D eigenvalue weighted by atomic mass is 9.78. The van der Waals surface area contributed by atoms with Gasteiger partial charge in [-0.3, -0.25) is 14.5 Å². The smallest absolute Gasteiger partial charge is 0.325 e. The SMILES string of the molecule is O=C(CN1C(=O)N[C@@]2(CCc3ccccc3C2)C1=O)Nc1ccc2c(c1)OCO2. The number of hydrogen-bond acceptors (Lipinski definition) is 5. The largest absolute Gasteiger partial charge is 0.454 e. The van der Waals surface area contributed by atoms with E-state index in [1.54, 1.807) is 18.2 Å². The summed E-state index contributed by atoms with van der Waals surface area (Å²) in [6.07, 6.45) is 1.67. The molecule has 2 N–H and O–H groups in total. The molecule has 1 aliphatic carbocycles. The van der Waals surface area contributed by atoms with Crippen molar-refractivity contribution in [2.45, 2.75) is 24.8 Å². The van der Waals surface area contributed by atoms with Gasteiger partial charge in [0.1, 0.15) is 12.1 Å².